The van der Waals surface area contributed by atoms with Crippen LogP contribution >= 0.6 is 0 Å². The lowest BCUT2D eigenvalue weighted by Crippen LogP contribution is -2.35. The molecular weight excluding hydrogens is 335 g/mol. The summed E-state index contributed by atoms with van der Waals surface area (Å²) in [5.74, 6) is 2.13. The Balaban J connectivity index is 1.22. The normalized spacial score (nSPS) is 40.5. The van der Waals surface area contributed by atoms with E-state index in [0.29, 0.717) is 35.9 Å². The number of hydrogen-bond donors (Lipinski definition) is 1. The number of benzene rings is 1. The molecule has 0 spiro atoms. The molecule has 1 saturated heterocycles. The fraction of sp³-hybridized carbons (Fsp3) is 0.611. The van der Waals surface area contributed by atoms with Crippen LogP contribution in [0.15, 0.2) is 24.3 Å². The molecule has 4 nitrogen and oxygen atoms in total. The summed E-state index contributed by atoms with van der Waals surface area (Å²) in [7, 11) is 0. The summed E-state index contributed by atoms with van der Waals surface area (Å²) in [6.07, 6.45) is -1.42. The Morgan fingerprint density at radius 2 is 2.04 bits per heavy atom. The van der Waals surface area contributed by atoms with E-state index in [1.165, 1.54) is 12.1 Å². The highest BCUT2D eigenvalue weighted by atomic mass is 19.4. The summed E-state index contributed by atoms with van der Waals surface area (Å²) in [4.78, 5) is 12.1. The van der Waals surface area contributed by atoms with E-state index >= 15 is 0 Å². The highest BCUT2D eigenvalue weighted by molar-refractivity contribution is 5.84. The quantitative estimate of drug-likeness (QED) is 0.816. The van der Waals surface area contributed by atoms with Crippen molar-refractivity contribution in [3.63, 3.8) is 0 Å². The molecule has 0 unspecified atom stereocenters. The number of anilines is 1. The van der Waals surface area contributed by atoms with Crippen molar-refractivity contribution in [2.45, 2.75) is 43.8 Å². The van der Waals surface area contributed by atoms with Gasteiger partial charge < -0.3 is 9.47 Å². The Morgan fingerprint density at radius 3 is 2.84 bits per heavy atom. The zero-order chi connectivity index (χ0) is 17.3. The second kappa shape index (κ2) is 5.13. The number of carbonyl (C=O) groups excluding carboxylic acids is 1. The standard InChI is InChI=1S/C18H18F3NO3/c19-18(20,21)9-2-1-3-10(6-9)22-17(23)25-13-5-8-4-11(13)12-7-14-16(24-14)15(8)12/h1-3,6,8,11-16H,4-5,7H2,(H,22,23)/t8-,11+,12+,13-,14+,15+,16-/m1/s1. The number of hydrogen-bond acceptors (Lipinski definition) is 3. The molecule has 3 aliphatic carbocycles. The van der Waals surface area contributed by atoms with E-state index in [1.807, 2.05) is 0 Å². The van der Waals surface area contributed by atoms with Crippen molar-refractivity contribution in [1.29, 1.82) is 0 Å². The molecule has 1 N–H and O–H groups in total. The van der Waals surface area contributed by atoms with Gasteiger partial charge in [0.2, 0.25) is 0 Å². The van der Waals surface area contributed by atoms with Crippen molar-refractivity contribution in [3.8, 4) is 0 Å². The summed E-state index contributed by atoms with van der Waals surface area (Å²) >= 11 is 0. The predicted octanol–water partition coefficient (Wildman–Crippen LogP) is 4.07. The van der Waals surface area contributed by atoms with Crippen LogP contribution in [0.2, 0.25) is 0 Å². The van der Waals surface area contributed by atoms with E-state index in [2.05, 4.69) is 5.32 Å². The van der Waals surface area contributed by atoms with E-state index in [1.54, 1.807) is 0 Å². The van der Waals surface area contributed by atoms with E-state index in [0.717, 1.165) is 31.4 Å². The summed E-state index contributed by atoms with van der Waals surface area (Å²) in [6, 6.07) is 4.58. The van der Waals surface area contributed by atoms with Gasteiger partial charge in [-0.25, -0.2) is 4.79 Å². The van der Waals surface area contributed by atoms with E-state index in [4.69, 9.17) is 9.47 Å². The van der Waals surface area contributed by atoms with Crippen molar-refractivity contribution in [2.75, 3.05) is 5.32 Å². The molecule has 3 saturated carbocycles. The van der Waals surface area contributed by atoms with Gasteiger partial charge in [0.05, 0.1) is 17.8 Å². The topological polar surface area (TPSA) is 50.9 Å². The van der Waals surface area contributed by atoms with Crippen LogP contribution in [0.5, 0.6) is 0 Å². The third-order valence-electron chi connectivity index (χ3n) is 6.38. The molecule has 0 radical (unpaired) electrons. The number of carbonyl (C=O) groups is 1. The lowest BCUT2D eigenvalue weighted by Gasteiger charge is -2.32. The largest absolute Gasteiger partial charge is 0.446 e. The van der Waals surface area contributed by atoms with Crippen molar-refractivity contribution >= 4 is 11.8 Å². The second-order valence-electron chi connectivity index (χ2n) is 7.66. The molecule has 4 fully saturated rings. The fourth-order valence-corrected chi connectivity index (χ4v) is 5.46. The number of ether oxygens (including phenoxy) is 2. The first kappa shape index (κ1) is 15.5. The van der Waals surface area contributed by atoms with Crippen molar-refractivity contribution in [2.24, 2.45) is 23.7 Å². The third kappa shape index (κ3) is 2.51. The van der Waals surface area contributed by atoms with Crippen LogP contribution in [0.1, 0.15) is 24.8 Å². The first-order chi connectivity index (χ1) is 11.9. The van der Waals surface area contributed by atoms with Gasteiger partial charge in [0.15, 0.2) is 0 Å². The molecule has 5 rings (SSSR count). The molecule has 25 heavy (non-hydrogen) atoms. The number of alkyl halides is 3. The fourth-order valence-electron chi connectivity index (χ4n) is 5.46. The SMILES string of the molecule is O=C(Nc1cccc(C(F)(F)F)c1)O[C@@H]1C[C@H]2C[C@H]1[C@@H]1C[C@@H]3O[C@H]3[C@@H]21. The minimum Gasteiger partial charge on any atom is -0.446 e. The molecule has 7 heteroatoms. The number of nitrogens with one attached hydrogen (secondary N) is 1. The zero-order valence-electron chi connectivity index (χ0n) is 13.3. The van der Waals surface area contributed by atoms with Crippen LogP contribution in [-0.2, 0) is 15.7 Å². The molecule has 1 amide bonds. The van der Waals surface area contributed by atoms with Gasteiger partial charge in [-0.2, -0.15) is 13.2 Å². The van der Waals surface area contributed by atoms with Crippen LogP contribution in [0.3, 0.4) is 0 Å². The second-order valence-corrected chi connectivity index (χ2v) is 7.66. The first-order valence-electron chi connectivity index (χ1n) is 8.70. The van der Waals surface area contributed by atoms with Crippen LogP contribution in [-0.4, -0.2) is 24.4 Å². The van der Waals surface area contributed by atoms with Crippen LogP contribution in [0, 0.1) is 23.7 Å². The average Bonchev–Trinajstić information content (AvgIpc) is 2.91. The van der Waals surface area contributed by atoms with E-state index < -0.39 is 17.8 Å². The van der Waals surface area contributed by atoms with Gasteiger partial charge in [0, 0.05) is 5.69 Å². The van der Waals surface area contributed by atoms with Crippen LogP contribution in [0.25, 0.3) is 0 Å². The molecule has 1 aliphatic heterocycles. The highest BCUT2D eigenvalue weighted by Gasteiger charge is 2.67. The average molecular weight is 353 g/mol. The summed E-state index contributed by atoms with van der Waals surface area (Å²) < 4.78 is 49.4. The summed E-state index contributed by atoms with van der Waals surface area (Å²) in [6.45, 7) is 0. The van der Waals surface area contributed by atoms with Gasteiger partial charge >= 0.3 is 12.3 Å². The van der Waals surface area contributed by atoms with E-state index in [9.17, 15) is 18.0 Å². The Labute approximate surface area is 142 Å². The van der Waals surface area contributed by atoms with Gasteiger partial charge in [-0.15, -0.1) is 0 Å². The van der Waals surface area contributed by atoms with Crippen LogP contribution in [0.4, 0.5) is 23.7 Å². The lowest BCUT2D eigenvalue weighted by atomic mass is 9.79. The van der Waals surface area contributed by atoms with Crippen LogP contribution < -0.4 is 5.32 Å². The molecule has 1 aromatic rings. The number of rotatable bonds is 2. The van der Waals surface area contributed by atoms with Crippen molar-refractivity contribution < 1.29 is 27.4 Å². The molecule has 7 atom stereocenters. The van der Waals surface area contributed by atoms with Gasteiger partial charge in [0.1, 0.15) is 6.10 Å². The Hall–Kier alpha value is -1.76. The summed E-state index contributed by atoms with van der Waals surface area (Å²) in [5.41, 5.74) is -0.699. The van der Waals surface area contributed by atoms with Gasteiger partial charge in [-0.05, 0) is 61.1 Å². The molecule has 134 valence electrons. The van der Waals surface area contributed by atoms with Crippen molar-refractivity contribution in [3.05, 3.63) is 29.8 Å². The predicted molar refractivity (Wildman–Crippen MR) is 81.8 cm³/mol. The third-order valence-corrected chi connectivity index (χ3v) is 6.38. The Kier molecular flexibility index (Phi) is 3.18. The lowest BCUT2D eigenvalue weighted by molar-refractivity contribution is -0.137. The summed E-state index contributed by atoms with van der Waals surface area (Å²) in [5, 5.41) is 2.43. The number of epoxide rings is 1. The van der Waals surface area contributed by atoms with Gasteiger partial charge in [-0.3, -0.25) is 5.32 Å². The molecule has 2 bridgehead atoms. The Morgan fingerprint density at radius 1 is 1.20 bits per heavy atom. The highest BCUT2D eigenvalue weighted by Crippen LogP contribution is 2.64. The van der Waals surface area contributed by atoms with Crippen molar-refractivity contribution in [1.82, 2.24) is 0 Å². The van der Waals surface area contributed by atoms with E-state index in [-0.39, 0.29) is 11.8 Å². The van der Waals surface area contributed by atoms with Gasteiger partial charge in [-0.1, -0.05) is 6.07 Å². The number of fused-ring (bicyclic) bond motifs is 7. The Bertz CT molecular complexity index is 722. The maximum absolute atomic E-state index is 12.7. The molecule has 0 aromatic heterocycles. The molecule has 4 aliphatic rings. The zero-order valence-corrected chi connectivity index (χ0v) is 13.3. The maximum atomic E-state index is 12.7. The maximum Gasteiger partial charge on any atom is 0.416 e. The molecule has 1 heterocycles. The molecule has 1 aromatic carbocycles. The number of halogens is 3. The van der Waals surface area contributed by atoms with Gasteiger partial charge in [0.25, 0.3) is 0 Å². The smallest absolute Gasteiger partial charge is 0.416 e. The monoisotopic (exact) mass is 353 g/mol. The number of amides is 1. The minimum absolute atomic E-state index is 0.0939. The minimum atomic E-state index is -4.44. The first-order valence-corrected chi connectivity index (χ1v) is 8.70. The molecular formula is C18H18F3NO3.